The van der Waals surface area contributed by atoms with E-state index >= 15 is 0 Å². The van der Waals surface area contributed by atoms with Crippen LogP contribution in [0.5, 0.6) is 0 Å². The minimum Gasteiger partial charge on any atom is -0.312 e. The molecule has 1 fully saturated rings. The Hall–Kier alpha value is -3.22. The maximum atomic E-state index is 12.9. The van der Waals surface area contributed by atoms with Crippen LogP contribution in [0.4, 0.5) is 10.1 Å². The van der Waals surface area contributed by atoms with Crippen molar-refractivity contribution < 1.29 is 18.8 Å². The van der Waals surface area contributed by atoms with Crippen LogP contribution in [0.15, 0.2) is 48.5 Å². The van der Waals surface area contributed by atoms with Crippen molar-refractivity contribution in [3.05, 3.63) is 65.5 Å². The van der Waals surface area contributed by atoms with Crippen molar-refractivity contribution in [1.29, 1.82) is 0 Å². The van der Waals surface area contributed by atoms with Crippen molar-refractivity contribution in [2.45, 2.75) is 19.8 Å². The molecule has 1 aliphatic rings. The number of amides is 3. The Balaban J connectivity index is 1.58. The van der Waals surface area contributed by atoms with E-state index in [1.165, 1.54) is 12.1 Å². The number of rotatable bonds is 4. The number of halogens is 1. The van der Waals surface area contributed by atoms with Crippen molar-refractivity contribution in [1.82, 2.24) is 10.9 Å². The first-order valence-electron chi connectivity index (χ1n) is 8.73. The van der Waals surface area contributed by atoms with Crippen LogP contribution in [0.1, 0.15) is 29.3 Å². The number of aryl methyl sites for hydroxylation is 1. The summed E-state index contributed by atoms with van der Waals surface area (Å²) in [6.45, 7) is 2.29. The first kappa shape index (κ1) is 18.6. The van der Waals surface area contributed by atoms with E-state index in [0.29, 0.717) is 0 Å². The zero-order chi connectivity index (χ0) is 19.4. The van der Waals surface area contributed by atoms with Crippen LogP contribution in [0.2, 0.25) is 0 Å². The molecule has 140 valence electrons. The molecule has 0 radical (unpaired) electrons. The van der Waals surface area contributed by atoms with E-state index in [1.54, 1.807) is 4.90 Å². The Morgan fingerprint density at radius 2 is 1.89 bits per heavy atom. The van der Waals surface area contributed by atoms with Gasteiger partial charge in [-0.15, -0.1) is 0 Å². The summed E-state index contributed by atoms with van der Waals surface area (Å²) < 4.78 is 12.9. The van der Waals surface area contributed by atoms with E-state index in [1.807, 2.05) is 31.2 Å². The fourth-order valence-corrected chi connectivity index (χ4v) is 2.97. The van der Waals surface area contributed by atoms with Crippen molar-refractivity contribution in [2.24, 2.45) is 5.92 Å². The molecule has 1 atom stereocenters. The maximum Gasteiger partial charge on any atom is 0.269 e. The van der Waals surface area contributed by atoms with Crippen LogP contribution in [-0.4, -0.2) is 24.3 Å². The lowest BCUT2D eigenvalue weighted by atomic mass is 10.1. The van der Waals surface area contributed by atoms with Crippen LogP contribution in [0.25, 0.3) is 0 Å². The molecule has 1 heterocycles. The molecule has 1 saturated heterocycles. The minimum absolute atomic E-state index is 0.0780. The molecule has 1 aliphatic heterocycles. The van der Waals surface area contributed by atoms with E-state index in [2.05, 4.69) is 10.9 Å². The number of nitrogens with zero attached hydrogens (tertiary/aromatic N) is 1. The largest absolute Gasteiger partial charge is 0.312 e. The second-order valence-corrected chi connectivity index (χ2v) is 6.38. The summed E-state index contributed by atoms with van der Waals surface area (Å²) in [6.07, 6.45) is 0.934. The maximum absolute atomic E-state index is 12.9. The molecule has 0 aromatic heterocycles. The van der Waals surface area contributed by atoms with Gasteiger partial charge >= 0.3 is 0 Å². The normalized spacial score (nSPS) is 16.3. The van der Waals surface area contributed by atoms with Gasteiger partial charge < -0.3 is 4.90 Å². The molecule has 0 saturated carbocycles. The zero-order valence-corrected chi connectivity index (χ0v) is 14.9. The highest BCUT2D eigenvalue weighted by Gasteiger charge is 2.35. The Morgan fingerprint density at radius 1 is 1.15 bits per heavy atom. The highest BCUT2D eigenvalue weighted by Crippen LogP contribution is 2.26. The summed E-state index contributed by atoms with van der Waals surface area (Å²) in [5.41, 5.74) is 6.73. The molecule has 2 N–H and O–H groups in total. The van der Waals surface area contributed by atoms with Gasteiger partial charge in [-0.1, -0.05) is 19.1 Å². The Kier molecular flexibility index (Phi) is 5.49. The van der Waals surface area contributed by atoms with Crippen LogP contribution < -0.4 is 15.8 Å². The Bertz CT molecular complexity index is 867. The third-order valence-electron chi connectivity index (χ3n) is 4.53. The van der Waals surface area contributed by atoms with Crippen LogP contribution in [0.3, 0.4) is 0 Å². The van der Waals surface area contributed by atoms with E-state index < -0.39 is 23.5 Å². The molecule has 7 heteroatoms. The molecule has 0 aliphatic carbocycles. The number of carbonyl (C=O) groups is 3. The monoisotopic (exact) mass is 369 g/mol. The van der Waals surface area contributed by atoms with Gasteiger partial charge in [0.25, 0.3) is 5.91 Å². The molecule has 3 rings (SSSR count). The predicted molar refractivity (Wildman–Crippen MR) is 98.3 cm³/mol. The minimum atomic E-state index is -0.559. The summed E-state index contributed by atoms with van der Waals surface area (Å²) in [5, 5.41) is 0. The number of nitrogens with one attached hydrogen (secondary N) is 2. The number of hydrogen-bond acceptors (Lipinski definition) is 3. The van der Waals surface area contributed by atoms with Gasteiger partial charge in [0.15, 0.2) is 0 Å². The molecule has 6 nitrogen and oxygen atoms in total. The summed E-state index contributed by atoms with van der Waals surface area (Å²) in [5.74, 6) is -2.13. The zero-order valence-electron chi connectivity index (χ0n) is 14.9. The molecule has 2 aromatic carbocycles. The lowest BCUT2D eigenvalue weighted by Gasteiger charge is -2.17. The highest BCUT2D eigenvalue weighted by atomic mass is 19.1. The van der Waals surface area contributed by atoms with Gasteiger partial charge in [-0.05, 0) is 48.4 Å². The molecule has 27 heavy (non-hydrogen) atoms. The topological polar surface area (TPSA) is 78.5 Å². The first-order valence-corrected chi connectivity index (χ1v) is 8.73. The summed E-state index contributed by atoms with van der Waals surface area (Å²) in [4.78, 5) is 38.2. The van der Waals surface area contributed by atoms with Crippen LogP contribution in [-0.2, 0) is 16.0 Å². The average molecular weight is 369 g/mol. The van der Waals surface area contributed by atoms with Gasteiger partial charge in [-0.25, -0.2) is 4.39 Å². The number of benzene rings is 2. The lowest BCUT2D eigenvalue weighted by Crippen LogP contribution is -2.45. The summed E-state index contributed by atoms with van der Waals surface area (Å²) in [6, 6.07) is 12.6. The number of anilines is 1. The molecule has 0 bridgehead atoms. The Labute approximate surface area is 156 Å². The first-order chi connectivity index (χ1) is 13.0. The number of carbonyl (C=O) groups excluding carboxylic acids is 3. The second-order valence-electron chi connectivity index (χ2n) is 6.38. The fourth-order valence-electron chi connectivity index (χ4n) is 2.97. The van der Waals surface area contributed by atoms with Gasteiger partial charge in [0.05, 0.1) is 5.92 Å². The molecule has 0 unspecified atom stereocenters. The lowest BCUT2D eigenvalue weighted by molar-refractivity contribution is -0.126. The van der Waals surface area contributed by atoms with E-state index in [0.717, 1.165) is 29.8 Å². The Morgan fingerprint density at radius 3 is 2.59 bits per heavy atom. The van der Waals surface area contributed by atoms with Gasteiger partial charge in [0.2, 0.25) is 11.8 Å². The van der Waals surface area contributed by atoms with Gasteiger partial charge in [-0.3, -0.25) is 25.2 Å². The molecule has 0 spiro atoms. The standard InChI is InChI=1S/C20H20FN3O3/c1-2-13-4-3-5-17(10-13)24-12-15(11-18(24)25)20(27)23-22-19(26)14-6-8-16(21)9-7-14/h3-10,15H,2,11-12H2,1H3,(H,22,26)(H,23,27)/t15-/m1/s1. The van der Waals surface area contributed by atoms with Gasteiger partial charge in [0.1, 0.15) is 5.82 Å². The highest BCUT2D eigenvalue weighted by molar-refractivity contribution is 6.01. The third-order valence-corrected chi connectivity index (χ3v) is 4.53. The molecular formula is C20H20FN3O3. The van der Waals surface area contributed by atoms with E-state index in [-0.39, 0.29) is 24.4 Å². The molecule has 2 aromatic rings. The number of hydrazine groups is 1. The number of hydrogen-bond donors (Lipinski definition) is 2. The predicted octanol–water partition coefficient (Wildman–Crippen LogP) is 2.20. The quantitative estimate of drug-likeness (QED) is 0.811. The summed E-state index contributed by atoms with van der Waals surface area (Å²) >= 11 is 0. The second kappa shape index (κ2) is 7.99. The smallest absolute Gasteiger partial charge is 0.269 e. The van der Waals surface area contributed by atoms with E-state index in [9.17, 15) is 18.8 Å². The van der Waals surface area contributed by atoms with E-state index in [4.69, 9.17) is 0 Å². The van der Waals surface area contributed by atoms with Crippen molar-refractivity contribution in [3.63, 3.8) is 0 Å². The fraction of sp³-hybridized carbons (Fsp3) is 0.250. The van der Waals surface area contributed by atoms with Crippen LogP contribution in [0, 0.1) is 11.7 Å². The van der Waals surface area contributed by atoms with Crippen molar-refractivity contribution in [3.8, 4) is 0 Å². The van der Waals surface area contributed by atoms with Crippen LogP contribution >= 0.6 is 0 Å². The SMILES string of the molecule is CCc1cccc(N2C[C@H](C(=O)NNC(=O)c3ccc(F)cc3)CC2=O)c1. The molecular weight excluding hydrogens is 349 g/mol. The average Bonchev–Trinajstić information content (AvgIpc) is 3.08. The summed E-state index contributed by atoms with van der Waals surface area (Å²) in [7, 11) is 0. The van der Waals surface area contributed by atoms with Gasteiger partial charge in [-0.2, -0.15) is 0 Å². The van der Waals surface area contributed by atoms with Crippen molar-refractivity contribution >= 4 is 23.4 Å². The third kappa shape index (κ3) is 4.31. The molecule has 3 amide bonds. The van der Waals surface area contributed by atoms with Gasteiger partial charge in [0, 0.05) is 24.2 Å². The van der Waals surface area contributed by atoms with Crippen molar-refractivity contribution in [2.75, 3.05) is 11.4 Å².